The maximum atomic E-state index is 11.8. The van der Waals surface area contributed by atoms with E-state index in [1.807, 2.05) is 31.1 Å². The van der Waals surface area contributed by atoms with Crippen molar-refractivity contribution in [1.29, 1.82) is 0 Å². The number of rotatable bonds is 6. The van der Waals surface area contributed by atoms with Gasteiger partial charge in [-0.3, -0.25) is 4.79 Å². The molecule has 1 heterocycles. The van der Waals surface area contributed by atoms with Crippen molar-refractivity contribution in [3.63, 3.8) is 0 Å². The van der Waals surface area contributed by atoms with Gasteiger partial charge in [0.05, 0.1) is 12.1 Å². The quantitative estimate of drug-likeness (QED) is 0.889. The summed E-state index contributed by atoms with van der Waals surface area (Å²) in [6.07, 6.45) is 0.213. The van der Waals surface area contributed by atoms with Crippen LogP contribution in [0.5, 0.6) is 0 Å². The van der Waals surface area contributed by atoms with E-state index in [1.54, 1.807) is 18.2 Å². The Bertz CT molecular complexity index is 593. The van der Waals surface area contributed by atoms with Gasteiger partial charge in [0.2, 0.25) is 5.91 Å². The molecule has 0 atom stereocenters. The Morgan fingerprint density at radius 1 is 1.33 bits per heavy atom. The minimum atomic E-state index is -0.0622. The molecule has 0 radical (unpaired) electrons. The zero-order chi connectivity index (χ0) is 15.2. The molecule has 1 amide bonds. The fourth-order valence-electron chi connectivity index (χ4n) is 1.79. The van der Waals surface area contributed by atoms with E-state index in [0.717, 1.165) is 12.1 Å². The van der Waals surface area contributed by atoms with Crippen LogP contribution in [0.1, 0.15) is 5.69 Å². The molecule has 112 valence electrons. The molecule has 0 bridgehead atoms. The molecule has 2 rings (SSSR count). The predicted molar refractivity (Wildman–Crippen MR) is 82.2 cm³/mol. The van der Waals surface area contributed by atoms with Crippen LogP contribution in [-0.4, -0.2) is 43.1 Å². The number of likely N-dealkylation sites (N-methyl/N-ethyl adjacent to an activating group) is 1. The molecule has 1 N–H and O–H groups in total. The maximum absolute atomic E-state index is 11.8. The third kappa shape index (κ3) is 4.88. The lowest BCUT2D eigenvalue weighted by Crippen LogP contribution is -2.32. The standard InChI is InChI=1S/C15H18ClN3O2/c1-19(2)8-7-17-15(20)10-13-9-14(21-18-13)11-3-5-12(16)6-4-11/h3-6,9H,7-8,10H2,1-2H3,(H,17,20). The predicted octanol–water partition coefficient (Wildman–Crippen LogP) is 2.22. The molecule has 0 fully saturated rings. The number of halogens is 1. The first-order valence-electron chi connectivity index (χ1n) is 6.67. The fraction of sp³-hybridized carbons (Fsp3) is 0.333. The second-order valence-corrected chi connectivity index (χ2v) is 5.46. The number of aromatic nitrogens is 1. The topological polar surface area (TPSA) is 58.4 Å². The molecule has 0 aliphatic rings. The zero-order valence-corrected chi connectivity index (χ0v) is 12.9. The highest BCUT2D eigenvalue weighted by Crippen LogP contribution is 2.22. The van der Waals surface area contributed by atoms with Crippen molar-refractivity contribution in [2.45, 2.75) is 6.42 Å². The molecule has 0 spiro atoms. The van der Waals surface area contributed by atoms with E-state index in [0.29, 0.717) is 23.0 Å². The molecule has 5 nitrogen and oxygen atoms in total. The van der Waals surface area contributed by atoms with Crippen molar-refractivity contribution in [3.8, 4) is 11.3 Å². The Labute approximate surface area is 128 Å². The van der Waals surface area contributed by atoms with Crippen LogP contribution in [0, 0.1) is 0 Å². The fourth-order valence-corrected chi connectivity index (χ4v) is 1.92. The van der Waals surface area contributed by atoms with Gasteiger partial charge in [-0.25, -0.2) is 0 Å². The van der Waals surface area contributed by atoms with Crippen molar-refractivity contribution in [2.24, 2.45) is 0 Å². The summed E-state index contributed by atoms with van der Waals surface area (Å²) in [5, 5.41) is 7.42. The molecule has 0 aliphatic carbocycles. The maximum Gasteiger partial charge on any atom is 0.226 e. The van der Waals surface area contributed by atoms with Crippen molar-refractivity contribution in [3.05, 3.63) is 41.0 Å². The molecular formula is C15H18ClN3O2. The van der Waals surface area contributed by atoms with Crippen molar-refractivity contribution >= 4 is 17.5 Å². The van der Waals surface area contributed by atoms with Gasteiger partial charge in [0.15, 0.2) is 5.76 Å². The summed E-state index contributed by atoms with van der Waals surface area (Å²) >= 11 is 5.84. The van der Waals surface area contributed by atoms with Crippen LogP contribution in [-0.2, 0) is 11.2 Å². The molecular weight excluding hydrogens is 290 g/mol. The minimum absolute atomic E-state index is 0.0622. The number of benzene rings is 1. The molecule has 0 unspecified atom stereocenters. The number of nitrogens with zero attached hydrogens (tertiary/aromatic N) is 2. The second kappa shape index (κ2) is 7.24. The average molecular weight is 308 g/mol. The summed E-state index contributed by atoms with van der Waals surface area (Å²) in [5.74, 6) is 0.565. The summed E-state index contributed by atoms with van der Waals surface area (Å²) in [6, 6.07) is 9.04. The molecule has 0 saturated carbocycles. The van der Waals surface area contributed by atoms with Crippen LogP contribution in [0.25, 0.3) is 11.3 Å². The Hall–Kier alpha value is -1.85. The van der Waals surface area contributed by atoms with Gasteiger partial charge in [-0.15, -0.1) is 0 Å². The normalized spacial score (nSPS) is 10.9. The molecule has 21 heavy (non-hydrogen) atoms. The second-order valence-electron chi connectivity index (χ2n) is 5.02. The van der Waals surface area contributed by atoms with Gasteiger partial charge in [-0.1, -0.05) is 16.8 Å². The number of nitrogens with one attached hydrogen (secondary N) is 1. The van der Waals surface area contributed by atoms with Crippen molar-refractivity contribution in [1.82, 2.24) is 15.4 Å². The van der Waals surface area contributed by atoms with E-state index in [2.05, 4.69) is 10.5 Å². The van der Waals surface area contributed by atoms with Gasteiger partial charge >= 0.3 is 0 Å². The first kappa shape index (κ1) is 15.5. The highest BCUT2D eigenvalue weighted by Gasteiger charge is 2.10. The Morgan fingerprint density at radius 2 is 2.05 bits per heavy atom. The molecule has 6 heteroatoms. The Kier molecular flexibility index (Phi) is 5.36. The molecule has 0 aliphatic heterocycles. The van der Waals surface area contributed by atoms with Crippen LogP contribution < -0.4 is 5.32 Å². The molecule has 1 aromatic heterocycles. The van der Waals surface area contributed by atoms with Crippen LogP contribution in [0.2, 0.25) is 5.02 Å². The molecule has 1 aromatic carbocycles. The SMILES string of the molecule is CN(C)CCNC(=O)Cc1cc(-c2ccc(Cl)cc2)on1. The third-order valence-corrected chi connectivity index (χ3v) is 3.16. The number of amides is 1. The highest BCUT2D eigenvalue weighted by molar-refractivity contribution is 6.30. The average Bonchev–Trinajstić information content (AvgIpc) is 2.87. The van der Waals surface area contributed by atoms with Crippen molar-refractivity contribution in [2.75, 3.05) is 27.2 Å². The van der Waals surface area contributed by atoms with E-state index in [4.69, 9.17) is 16.1 Å². The van der Waals surface area contributed by atoms with Gasteiger partial charge in [0.25, 0.3) is 0 Å². The number of hydrogen-bond acceptors (Lipinski definition) is 4. The van der Waals surface area contributed by atoms with E-state index in [-0.39, 0.29) is 12.3 Å². The van der Waals surface area contributed by atoms with E-state index in [1.165, 1.54) is 0 Å². The minimum Gasteiger partial charge on any atom is -0.356 e. The van der Waals surface area contributed by atoms with Gasteiger partial charge < -0.3 is 14.7 Å². The lowest BCUT2D eigenvalue weighted by Gasteiger charge is -2.09. The zero-order valence-electron chi connectivity index (χ0n) is 12.1. The van der Waals surface area contributed by atoms with Crippen LogP contribution in [0.15, 0.2) is 34.9 Å². The first-order valence-corrected chi connectivity index (χ1v) is 7.05. The summed E-state index contributed by atoms with van der Waals surface area (Å²) in [7, 11) is 3.92. The van der Waals surface area contributed by atoms with Gasteiger partial charge in [-0.2, -0.15) is 0 Å². The van der Waals surface area contributed by atoms with E-state index in [9.17, 15) is 4.79 Å². The van der Waals surface area contributed by atoms with E-state index >= 15 is 0 Å². The van der Waals surface area contributed by atoms with Gasteiger partial charge in [0.1, 0.15) is 0 Å². The lowest BCUT2D eigenvalue weighted by atomic mass is 10.1. The van der Waals surface area contributed by atoms with Crippen molar-refractivity contribution < 1.29 is 9.32 Å². The smallest absolute Gasteiger partial charge is 0.226 e. The van der Waals surface area contributed by atoms with Crippen LogP contribution in [0.3, 0.4) is 0 Å². The monoisotopic (exact) mass is 307 g/mol. The number of carbonyl (C=O) groups excluding carboxylic acids is 1. The Morgan fingerprint density at radius 3 is 2.71 bits per heavy atom. The van der Waals surface area contributed by atoms with Crippen LogP contribution in [0.4, 0.5) is 0 Å². The summed E-state index contributed by atoms with van der Waals surface area (Å²) in [6.45, 7) is 1.42. The summed E-state index contributed by atoms with van der Waals surface area (Å²) < 4.78 is 5.25. The van der Waals surface area contributed by atoms with Gasteiger partial charge in [-0.05, 0) is 38.4 Å². The molecule has 2 aromatic rings. The summed E-state index contributed by atoms with van der Waals surface area (Å²) in [4.78, 5) is 13.8. The summed E-state index contributed by atoms with van der Waals surface area (Å²) in [5.41, 5.74) is 1.49. The van der Waals surface area contributed by atoms with Crippen LogP contribution >= 0.6 is 11.6 Å². The largest absolute Gasteiger partial charge is 0.356 e. The highest BCUT2D eigenvalue weighted by atomic mass is 35.5. The molecule has 0 saturated heterocycles. The number of carbonyl (C=O) groups is 1. The first-order chi connectivity index (χ1) is 10.0. The number of hydrogen-bond donors (Lipinski definition) is 1. The van der Waals surface area contributed by atoms with Gasteiger partial charge in [0, 0.05) is 29.7 Å². The van der Waals surface area contributed by atoms with E-state index < -0.39 is 0 Å². The third-order valence-electron chi connectivity index (χ3n) is 2.91. The lowest BCUT2D eigenvalue weighted by molar-refractivity contribution is -0.120. The Balaban J connectivity index is 1.91.